The van der Waals surface area contributed by atoms with Crippen molar-refractivity contribution in [3.05, 3.63) is 41.1 Å². The maximum absolute atomic E-state index is 13.3. The molecule has 0 radical (unpaired) electrons. The molecule has 0 saturated carbocycles. The molecule has 1 atom stereocenters. The van der Waals surface area contributed by atoms with Crippen molar-refractivity contribution < 1.29 is 28.5 Å². The van der Waals surface area contributed by atoms with Gasteiger partial charge in [0.05, 0.1) is 25.9 Å². The van der Waals surface area contributed by atoms with E-state index in [4.69, 9.17) is 23.7 Å². The van der Waals surface area contributed by atoms with Crippen LogP contribution in [0.25, 0.3) is 6.08 Å². The van der Waals surface area contributed by atoms with Crippen molar-refractivity contribution in [2.75, 3.05) is 53.9 Å². The predicted molar refractivity (Wildman–Crippen MR) is 116 cm³/mol. The Morgan fingerprint density at radius 2 is 1.94 bits per heavy atom. The summed E-state index contributed by atoms with van der Waals surface area (Å²) in [7, 11) is 3.56. The van der Waals surface area contributed by atoms with Gasteiger partial charge in [0, 0.05) is 25.9 Å². The van der Waals surface area contributed by atoms with Crippen LogP contribution >= 0.6 is 0 Å². The van der Waals surface area contributed by atoms with Crippen LogP contribution in [0.2, 0.25) is 0 Å². The van der Waals surface area contributed by atoms with E-state index in [2.05, 4.69) is 4.90 Å². The molecule has 1 unspecified atom stereocenters. The second-order valence-electron chi connectivity index (χ2n) is 8.78. The summed E-state index contributed by atoms with van der Waals surface area (Å²) in [6.45, 7) is 8.38. The lowest BCUT2D eigenvalue weighted by molar-refractivity contribution is -0.0604. The van der Waals surface area contributed by atoms with Crippen LogP contribution in [0.1, 0.15) is 37.9 Å². The van der Waals surface area contributed by atoms with E-state index in [9.17, 15) is 4.79 Å². The summed E-state index contributed by atoms with van der Waals surface area (Å²) < 4.78 is 27.7. The molecule has 0 bridgehead atoms. The molecule has 0 spiro atoms. The largest absolute Gasteiger partial charge is 0.443 e. The van der Waals surface area contributed by atoms with Crippen LogP contribution in [0.5, 0.6) is 0 Å². The van der Waals surface area contributed by atoms with E-state index in [0.29, 0.717) is 32.9 Å². The molecular formula is C23H34N2O6. The molecule has 0 aliphatic carbocycles. The molecule has 172 valence electrons. The second kappa shape index (κ2) is 10.6. The summed E-state index contributed by atoms with van der Waals surface area (Å²) in [6, 6.07) is 7.70. The number of nitrogens with zero attached hydrogens (tertiary/aromatic N) is 2. The maximum atomic E-state index is 13.3. The minimum atomic E-state index is -0.617. The SMILES string of the molecule is COCOCC1c2ccccc2C=C(CN(C)CC2OCCO2)N1C(=O)OC(C)(C)C. The van der Waals surface area contributed by atoms with Crippen LogP contribution in [0, 0.1) is 0 Å². The van der Waals surface area contributed by atoms with Crippen molar-refractivity contribution in [3.8, 4) is 0 Å². The van der Waals surface area contributed by atoms with Gasteiger partial charge in [-0.15, -0.1) is 0 Å². The quantitative estimate of drug-likeness (QED) is 0.459. The number of likely N-dealkylation sites (N-methyl/N-ethyl adjacent to an activating group) is 1. The van der Waals surface area contributed by atoms with Gasteiger partial charge in [-0.25, -0.2) is 4.79 Å². The predicted octanol–water partition coefficient (Wildman–Crippen LogP) is 3.24. The highest BCUT2D eigenvalue weighted by molar-refractivity contribution is 5.76. The molecule has 31 heavy (non-hydrogen) atoms. The smallest absolute Gasteiger partial charge is 0.415 e. The van der Waals surface area contributed by atoms with E-state index in [-0.39, 0.29) is 19.1 Å². The molecule has 1 fully saturated rings. The van der Waals surface area contributed by atoms with Gasteiger partial charge in [-0.05, 0) is 45.0 Å². The molecule has 1 aromatic carbocycles. The fraction of sp³-hybridized carbons (Fsp3) is 0.609. The maximum Gasteiger partial charge on any atom is 0.415 e. The Bertz CT molecular complexity index is 770. The lowest BCUT2D eigenvalue weighted by Crippen LogP contribution is -2.45. The lowest BCUT2D eigenvalue weighted by atomic mass is 9.94. The van der Waals surface area contributed by atoms with Crippen molar-refractivity contribution in [2.24, 2.45) is 0 Å². The third kappa shape index (κ3) is 6.51. The molecule has 0 aromatic heterocycles. The summed E-state index contributed by atoms with van der Waals surface area (Å²) in [4.78, 5) is 17.1. The van der Waals surface area contributed by atoms with Gasteiger partial charge in [0.25, 0.3) is 0 Å². The van der Waals surface area contributed by atoms with Gasteiger partial charge in [-0.1, -0.05) is 24.3 Å². The fourth-order valence-electron chi connectivity index (χ4n) is 3.73. The lowest BCUT2D eigenvalue weighted by Gasteiger charge is -2.39. The third-order valence-electron chi connectivity index (χ3n) is 4.95. The van der Waals surface area contributed by atoms with Crippen LogP contribution in [-0.2, 0) is 23.7 Å². The van der Waals surface area contributed by atoms with Crippen molar-refractivity contribution in [1.82, 2.24) is 9.80 Å². The molecule has 2 aliphatic rings. The van der Waals surface area contributed by atoms with Gasteiger partial charge >= 0.3 is 6.09 Å². The molecular weight excluding hydrogens is 400 g/mol. The minimum Gasteiger partial charge on any atom is -0.443 e. The summed E-state index contributed by atoms with van der Waals surface area (Å²) in [5.74, 6) is 0. The number of hydrogen-bond acceptors (Lipinski definition) is 7. The van der Waals surface area contributed by atoms with Gasteiger partial charge in [0.2, 0.25) is 0 Å². The molecule has 2 aliphatic heterocycles. The van der Waals surface area contributed by atoms with Crippen molar-refractivity contribution in [2.45, 2.75) is 38.7 Å². The standard InChI is InChI=1S/C23H34N2O6/c1-23(2,3)31-22(26)25-18(13-24(4)14-21-29-10-11-30-21)12-17-8-6-7-9-19(17)20(25)15-28-16-27-5/h6-9,12,20-21H,10-11,13-16H2,1-5H3. The molecule has 0 N–H and O–H groups in total. The zero-order valence-electron chi connectivity index (χ0n) is 19.1. The summed E-state index contributed by atoms with van der Waals surface area (Å²) >= 11 is 0. The van der Waals surface area contributed by atoms with Gasteiger partial charge in [-0.3, -0.25) is 9.80 Å². The average Bonchev–Trinajstić information content (AvgIpc) is 3.19. The number of benzene rings is 1. The van der Waals surface area contributed by atoms with Crippen LogP contribution in [0.4, 0.5) is 4.79 Å². The molecule has 1 amide bonds. The Morgan fingerprint density at radius 1 is 1.23 bits per heavy atom. The Balaban J connectivity index is 1.89. The Hall–Kier alpha value is -1.97. The van der Waals surface area contributed by atoms with E-state index in [1.54, 1.807) is 12.0 Å². The topological polar surface area (TPSA) is 69.7 Å². The highest BCUT2D eigenvalue weighted by Crippen LogP contribution is 2.36. The Labute approximate surface area is 184 Å². The summed E-state index contributed by atoms with van der Waals surface area (Å²) in [6.07, 6.45) is 1.39. The highest BCUT2D eigenvalue weighted by Gasteiger charge is 2.36. The Morgan fingerprint density at radius 3 is 2.61 bits per heavy atom. The van der Waals surface area contributed by atoms with Crippen LogP contribution in [0.15, 0.2) is 30.0 Å². The summed E-state index contributed by atoms with van der Waals surface area (Å²) in [5.41, 5.74) is 2.29. The van der Waals surface area contributed by atoms with Gasteiger partial charge in [0.15, 0.2) is 6.29 Å². The van der Waals surface area contributed by atoms with E-state index in [1.807, 2.05) is 58.2 Å². The van der Waals surface area contributed by atoms with Gasteiger partial charge in [0.1, 0.15) is 12.4 Å². The zero-order chi connectivity index (χ0) is 22.4. The number of methoxy groups -OCH3 is 1. The van der Waals surface area contributed by atoms with Crippen LogP contribution in [0.3, 0.4) is 0 Å². The van der Waals surface area contributed by atoms with Crippen molar-refractivity contribution >= 4 is 12.2 Å². The second-order valence-corrected chi connectivity index (χ2v) is 8.78. The van der Waals surface area contributed by atoms with E-state index < -0.39 is 11.7 Å². The van der Waals surface area contributed by atoms with Crippen LogP contribution in [-0.4, -0.2) is 81.6 Å². The molecule has 1 saturated heterocycles. The van der Waals surface area contributed by atoms with Crippen molar-refractivity contribution in [3.63, 3.8) is 0 Å². The first kappa shape index (κ1) is 23.7. The average molecular weight is 435 g/mol. The molecule has 3 rings (SSSR count). The first-order chi connectivity index (χ1) is 14.8. The number of carbonyl (C=O) groups excluding carboxylic acids is 1. The number of carbonyl (C=O) groups is 1. The van der Waals surface area contributed by atoms with Crippen LogP contribution < -0.4 is 0 Å². The number of hydrogen-bond donors (Lipinski definition) is 0. The fourth-order valence-corrected chi connectivity index (χ4v) is 3.73. The number of ether oxygens (including phenoxy) is 5. The molecule has 2 heterocycles. The van der Waals surface area contributed by atoms with Gasteiger partial charge in [-0.2, -0.15) is 0 Å². The van der Waals surface area contributed by atoms with E-state index >= 15 is 0 Å². The number of fused-ring (bicyclic) bond motifs is 1. The third-order valence-corrected chi connectivity index (χ3v) is 4.95. The minimum absolute atomic E-state index is 0.149. The zero-order valence-corrected chi connectivity index (χ0v) is 19.1. The molecule has 8 heteroatoms. The van der Waals surface area contributed by atoms with Crippen molar-refractivity contribution in [1.29, 1.82) is 0 Å². The van der Waals surface area contributed by atoms with Gasteiger partial charge < -0.3 is 23.7 Å². The molecule has 8 nitrogen and oxygen atoms in total. The number of amides is 1. The van der Waals surface area contributed by atoms with E-state index in [1.165, 1.54) is 0 Å². The Kier molecular flexibility index (Phi) is 8.07. The highest BCUT2D eigenvalue weighted by atomic mass is 16.7. The summed E-state index contributed by atoms with van der Waals surface area (Å²) in [5, 5.41) is 0. The molecule has 1 aromatic rings. The van der Waals surface area contributed by atoms with E-state index in [0.717, 1.165) is 16.8 Å². The normalized spacial score (nSPS) is 19.5. The first-order valence-corrected chi connectivity index (χ1v) is 10.6. The number of rotatable bonds is 8. The first-order valence-electron chi connectivity index (χ1n) is 10.6. The monoisotopic (exact) mass is 434 g/mol.